The Kier molecular flexibility index (Phi) is 2.09. The van der Waals surface area contributed by atoms with Crippen molar-refractivity contribution in [2.75, 3.05) is 17.2 Å². The van der Waals surface area contributed by atoms with Crippen LogP contribution >= 0.6 is 0 Å². The fraction of sp³-hybridized carbons (Fsp3) is 0.500. The molecule has 5 heteroatoms. The van der Waals surface area contributed by atoms with Crippen LogP contribution in [0, 0.1) is 0 Å². The van der Waals surface area contributed by atoms with E-state index in [9.17, 15) is 13.2 Å². The zero-order chi connectivity index (χ0) is 12.1. The Bertz CT molecular complexity index is 450. The van der Waals surface area contributed by atoms with Gasteiger partial charge in [0.15, 0.2) is 0 Å². The van der Waals surface area contributed by atoms with Crippen molar-refractivity contribution in [3.05, 3.63) is 23.8 Å². The minimum absolute atomic E-state index is 0.0166. The molecule has 2 aliphatic rings. The van der Waals surface area contributed by atoms with Gasteiger partial charge in [0.25, 0.3) is 0 Å². The minimum Gasteiger partial charge on any atom is -0.381 e. The van der Waals surface area contributed by atoms with Crippen molar-refractivity contribution >= 4 is 11.4 Å². The molecule has 2 nitrogen and oxygen atoms in total. The standard InChI is InChI=1S/C12H13F3N2/c13-12(14,15)8-2-3-9-10(6-8)17-11(7-16-9)4-1-5-11/h2-3,6,16-17H,1,4-5,7H2. The molecule has 2 N–H and O–H groups in total. The lowest BCUT2D eigenvalue weighted by Crippen LogP contribution is -2.52. The van der Waals surface area contributed by atoms with E-state index in [1.54, 1.807) is 0 Å². The number of nitrogens with one attached hydrogen (secondary N) is 2. The van der Waals surface area contributed by atoms with Crippen LogP contribution in [0.3, 0.4) is 0 Å². The third kappa shape index (κ3) is 1.73. The van der Waals surface area contributed by atoms with Crippen LogP contribution < -0.4 is 10.6 Å². The average molecular weight is 242 g/mol. The second-order valence-electron chi connectivity index (χ2n) is 4.87. The summed E-state index contributed by atoms with van der Waals surface area (Å²) in [6.07, 6.45) is -1.09. The quantitative estimate of drug-likeness (QED) is 0.728. The third-order valence-corrected chi connectivity index (χ3v) is 3.67. The molecule has 1 saturated carbocycles. The molecule has 0 radical (unpaired) electrons. The summed E-state index contributed by atoms with van der Waals surface area (Å²) in [6.45, 7) is 0.797. The molecular formula is C12H13F3N2. The predicted octanol–water partition coefficient (Wildman–Crippen LogP) is 3.47. The van der Waals surface area contributed by atoms with Gasteiger partial charge in [-0.25, -0.2) is 0 Å². The summed E-state index contributed by atoms with van der Waals surface area (Å²) in [5.41, 5.74) is 0.722. The van der Waals surface area contributed by atoms with E-state index in [0.717, 1.165) is 37.6 Å². The first-order chi connectivity index (χ1) is 7.99. The lowest BCUT2D eigenvalue weighted by Gasteiger charge is -2.47. The second kappa shape index (κ2) is 3.31. The van der Waals surface area contributed by atoms with Crippen molar-refractivity contribution in [3.63, 3.8) is 0 Å². The van der Waals surface area contributed by atoms with Gasteiger partial charge in [0.2, 0.25) is 0 Å². The lowest BCUT2D eigenvalue weighted by atomic mass is 9.75. The summed E-state index contributed by atoms with van der Waals surface area (Å²) in [7, 11) is 0. The molecular weight excluding hydrogens is 229 g/mol. The van der Waals surface area contributed by atoms with Gasteiger partial charge in [0.05, 0.1) is 22.5 Å². The number of anilines is 2. The summed E-state index contributed by atoms with van der Waals surface area (Å²) >= 11 is 0. The number of hydrogen-bond acceptors (Lipinski definition) is 2. The molecule has 1 aromatic carbocycles. The third-order valence-electron chi connectivity index (χ3n) is 3.67. The molecule has 1 aromatic rings. The van der Waals surface area contributed by atoms with Crippen molar-refractivity contribution in [1.29, 1.82) is 0 Å². The van der Waals surface area contributed by atoms with E-state index < -0.39 is 11.7 Å². The second-order valence-corrected chi connectivity index (χ2v) is 4.87. The van der Waals surface area contributed by atoms with E-state index in [1.165, 1.54) is 12.1 Å². The van der Waals surface area contributed by atoms with E-state index in [-0.39, 0.29) is 5.54 Å². The monoisotopic (exact) mass is 242 g/mol. The average Bonchev–Trinajstić information content (AvgIpc) is 2.24. The van der Waals surface area contributed by atoms with Crippen molar-refractivity contribution in [1.82, 2.24) is 0 Å². The largest absolute Gasteiger partial charge is 0.416 e. The maximum atomic E-state index is 12.6. The molecule has 1 aliphatic carbocycles. The Morgan fingerprint density at radius 2 is 1.88 bits per heavy atom. The molecule has 17 heavy (non-hydrogen) atoms. The first-order valence-electron chi connectivity index (χ1n) is 5.72. The molecule has 0 saturated heterocycles. The molecule has 1 fully saturated rings. The summed E-state index contributed by atoms with van der Waals surface area (Å²) in [6, 6.07) is 3.81. The smallest absolute Gasteiger partial charge is 0.381 e. The lowest BCUT2D eigenvalue weighted by molar-refractivity contribution is -0.137. The van der Waals surface area contributed by atoms with Crippen LogP contribution in [-0.4, -0.2) is 12.1 Å². The van der Waals surface area contributed by atoms with Crippen molar-refractivity contribution in [3.8, 4) is 0 Å². The van der Waals surface area contributed by atoms with E-state index in [2.05, 4.69) is 10.6 Å². The van der Waals surface area contributed by atoms with Crippen LogP contribution in [0.5, 0.6) is 0 Å². The van der Waals surface area contributed by atoms with Crippen molar-refractivity contribution in [2.24, 2.45) is 0 Å². The van der Waals surface area contributed by atoms with Gasteiger partial charge in [-0.1, -0.05) is 0 Å². The number of alkyl halides is 3. The van der Waals surface area contributed by atoms with Crippen molar-refractivity contribution < 1.29 is 13.2 Å². The van der Waals surface area contributed by atoms with Crippen LogP contribution in [0.4, 0.5) is 24.5 Å². The molecule has 0 unspecified atom stereocenters. The van der Waals surface area contributed by atoms with Gasteiger partial charge in [-0.2, -0.15) is 13.2 Å². The fourth-order valence-electron chi connectivity index (χ4n) is 2.48. The van der Waals surface area contributed by atoms with E-state index in [0.29, 0.717) is 5.69 Å². The van der Waals surface area contributed by atoms with Crippen LogP contribution in [0.15, 0.2) is 18.2 Å². The SMILES string of the molecule is FC(F)(F)c1ccc2c(c1)NC1(CCC1)CN2. The van der Waals surface area contributed by atoms with E-state index in [4.69, 9.17) is 0 Å². The van der Waals surface area contributed by atoms with Gasteiger partial charge >= 0.3 is 6.18 Å². The Morgan fingerprint density at radius 3 is 2.47 bits per heavy atom. The first kappa shape index (κ1) is 10.7. The number of hydrogen-bond donors (Lipinski definition) is 2. The summed E-state index contributed by atoms with van der Waals surface area (Å²) in [5, 5.41) is 6.46. The number of benzene rings is 1. The highest BCUT2D eigenvalue weighted by Crippen LogP contribution is 2.42. The molecule has 1 aliphatic heterocycles. The Hall–Kier alpha value is -1.39. The highest BCUT2D eigenvalue weighted by molar-refractivity contribution is 5.73. The molecule has 0 aromatic heterocycles. The normalized spacial score (nSPS) is 21.1. The number of fused-ring (bicyclic) bond motifs is 1. The summed E-state index contributed by atoms with van der Waals surface area (Å²) in [4.78, 5) is 0. The summed E-state index contributed by atoms with van der Waals surface area (Å²) in [5.74, 6) is 0. The van der Waals surface area contributed by atoms with Gasteiger partial charge in [0.1, 0.15) is 0 Å². The molecule has 0 atom stereocenters. The predicted molar refractivity (Wildman–Crippen MR) is 60.1 cm³/mol. The Labute approximate surface area is 97.2 Å². The molecule has 92 valence electrons. The zero-order valence-electron chi connectivity index (χ0n) is 9.19. The maximum absolute atomic E-state index is 12.6. The number of rotatable bonds is 0. The first-order valence-corrected chi connectivity index (χ1v) is 5.72. The maximum Gasteiger partial charge on any atom is 0.416 e. The van der Waals surface area contributed by atoms with E-state index in [1.807, 2.05) is 0 Å². The zero-order valence-corrected chi connectivity index (χ0v) is 9.19. The van der Waals surface area contributed by atoms with Crippen LogP contribution in [-0.2, 0) is 6.18 Å². The van der Waals surface area contributed by atoms with Crippen LogP contribution in [0.25, 0.3) is 0 Å². The minimum atomic E-state index is -4.28. The van der Waals surface area contributed by atoms with Gasteiger partial charge in [0, 0.05) is 6.54 Å². The van der Waals surface area contributed by atoms with Gasteiger partial charge < -0.3 is 10.6 Å². The van der Waals surface area contributed by atoms with Gasteiger partial charge in [-0.3, -0.25) is 0 Å². The highest BCUT2D eigenvalue weighted by atomic mass is 19.4. The summed E-state index contributed by atoms with van der Waals surface area (Å²) < 4.78 is 37.8. The Morgan fingerprint density at radius 1 is 1.12 bits per heavy atom. The molecule has 1 heterocycles. The van der Waals surface area contributed by atoms with Gasteiger partial charge in [-0.05, 0) is 37.5 Å². The van der Waals surface area contributed by atoms with Crippen LogP contribution in [0.1, 0.15) is 24.8 Å². The fourth-order valence-corrected chi connectivity index (χ4v) is 2.48. The highest BCUT2D eigenvalue weighted by Gasteiger charge is 2.40. The number of halogens is 3. The molecule has 3 rings (SSSR count). The Balaban J connectivity index is 1.94. The molecule has 1 spiro atoms. The topological polar surface area (TPSA) is 24.1 Å². The van der Waals surface area contributed by atoms with Crippen molar-refractivity contribution in [2.45, 2.75) is 31.0 Å². The van der Waals surface area contributed by atoms with E-state index >= 15 is 0 Å². The molecule has 0 amide bonds. The van der Waals surface area contributed by atoms with Gasteiger partial charge in [-0.15, -0.1) is 0 Å². The molecule has 0 bridgehead atoms. The van der Waals surface area contributed by atoms with Crippen LogP contribution in [0.2, 0.25) is 0 Å².